The third-order valence-electron chi connectivity index (χ3n) is 3.56. The number of ether oxygens (including phenoxy) is 3. The molecule has 21 heavy (non-hydrogen) atoms. The Morgan fingerprint density at radius 3 is 2.90 bits per heavy atom. The van der Waals surface area contributed by atoms with E-state index in [0.717, 1.165) is 0 Å². The first-order chi connectivity index (χ1) is 9.94. The van der Waals surface area contributed by atoms with Crippen LogP contribution in [0, 0.1) is 0 Å². The molecule has 2 aliphatic heterocycles. The number of imidazole rings is 1. The molecule has 0 N–H and O–H groups in total. The summed E-state index contributed by atoms with van der Waals surface area (Å²) < 4.78 is 19.2. The van der Waals surface area contributed by atoms with E-state index in [1.807, 2.05) is 13.8 Å². The lowest BCUT2D eigenvalue weighted by Gasteiger charge is -2.22. The van der Waals surface area contributed by atoms with E-state index in [1.54, 1.807) is 10.9 Å². The van der Waals surface area contributed by atoms with E-state index >= 15 is 0 Å². The summed E-state index contributed by atoms with van der Waals surface area (Å²) in [6, 6.07) is 0. The van der Waals surface area contributed by atoms with Crippen LogP contribution in [0.5, 0.6) is 0 Å². The highest BCUT2D eigenvalue weighted by Gasteiger charge is 2.51. The summed E-state index contributed by atoms with van der Waals surface area (Å²) in [5, 5.41) is 0.273. The van der Waals surface area contributed by atoms with Crippen LogP contribution in [-0.4, -0.2) is 44.1 Å². The van der Waals surface area contributed by atoms with Crippen molar-refractivity contribution in [3.63, 3.8) is 0 Å². The summed E-state index contributed by atoms with van der Waals surface area (Å²) in [5.74, 6) is -0.627. The number of rotatable bonds is 1. The average molecular weight is 331 g/mol. The van der Waals surface area contributed by atoms with Gasteiger partial charge in [0.05, 0.1) is 12.9 Å². The molecule has 0 saturated carbocycles. The molecule has 0 amide bonds. The van der Waals surface area contributed by atoms with Gasteiger partial charge in [0.25, 0.3) is 0 Å². The average Bonchev–Trinajstić information content (AvgIpc) is 3.00. The highest BCUT2D eigenvalue weighted by molar-refractivity contribution is 6.35. The third-order valence-corrected chi connectivity index (χ3v) is 3.99. The van der Waals surface area contributed by atoms with Crippen molar-refractivity contribution in [1.82, 2.24) is 19.5 Å². The topological polar surface area (TPSA) is 71.3 Å². The SMILES string of the molecule is CC1(C)O[C@@H]2[C@H](CO[C@H]2n2cnc3c(Cl)nc(Cl)nc32)O1. The van der Waals surface area contributed by atoms with E-state index in [4.69, 9.17) is 37.4 Å². The predicted molar refractivity (Wildman–Crippen MR) is 74.2 cm³/mol. The lowest BCUT2D eigenvalue weighted by atomic mass is 10.2. The minimum absolute atomic E-state index is 0.0627. The zero-order valence-electron chi connectivity index (χ0n) is 11.3. The number of halogens is 2. The lowest BCUT2D eigenvalue weighted by molar-refractivity contribution is -0.183. The van der Waals surface area contributed by atoms with Crippen LogP contribution in [0.1, 0.15) is 20.1 Å². The maximum Gasteiger partial charge on any atom is 0.225 e. The number of nitrogens with zero attached hydrogens (tertiary/aromatic N) is 4. The van der Waals surface area contributed by atoms with Crippen molar-refractivity contribution >= 4 is 34.4 Å². The van der Waals surface area contributed by atoms with Crippen LogP contribution in [0.2, 0.25) is 10.4 Å². The summed E-state index contributed by atoms with van der Waals surface area (Å²) in [5.41, 5.74) is 0.991. The Labute approximate surface area is 130 Å². The van der Waals surface area contributed by atoms with Crippen LogP contribution in [0.4, 0.5) is 0 Å². The van der Waals surface area contributed by atoms with E-state index in [9.17, 15) is 0 Å². The van der Waals surface area contributed by atoms with Gasteiger partial charge >= 0.3 is 0 Å². The summed E-state index contributed by atoms with van der Waals surface area (Å²) in [7, 11) is 0. The van der Waals surface area contributed by atoms with E-state index < -0.39 is 5.79 Å². The second kappa shape index (κ2) is 4.50. The first-order valence-electron chi connectivity index (χ1n) is 6.47. The fraction of sp³-hybridized carbons (Fsp3) is 0.583. The molecule has 0 radical (unpaired) electrons. The Kier molecular flexibility index (Phi) is 2.93. The van der Waals surface area contributed by atoms with Crippen LogP contribution >= 0.6 is 23.2 Å². The molecule has 3 atom stereocenters. The molecular weight excluding hydrogens is 319 g/mol. The van der Waals surface area contributed by atoms with Gasteiger partial charge in [-0.2, -0.15) is 4.98 Å². The van der Waals surface area contributed by atoms with Crippen LogP contribution in [0.3, 0.4) is 0 Å². The second-order valence-corrected chi connectivity index (χ2v) is 6.17. The Balaban J connectivity index is 1.77. The summed E-state index contributed by atoms with van der Waals surface area (Å²) in [4.78, 5) is 12.3. The van der Waals surface area contributed by atoms with Gasteiger partial charge in [0, 0.05) is 0 Å². The second-order valence-electron chi connectivity index (χ2n) is 5.47. The molecule has 2 fully saturated rings. The molecule has 112 valence electrons. The molecule has 2 aliphatic rings. The van der Waals surface area contributed by atoms with Gasteiger partial charge in [-0.1, -0.05) is 11.6 Å². The first-order valence-corrected chi connectivity index (χ1v) is 7.23. The zero-order chi connectivity index (χ0) is 14.8. The maximum atomic E-state index is 6.03. The van der Waals surface area contributed by atoms with Gasteiger partial charge in [0.2, 0.25) is 5.28 Å². The van der Waals surface area contributed by atoms with Crippen LogP contribution in [-0.2, 0) is 14.2 Å². The third kappa shape index (κ3) is 2.11. The standard InChI is InChI=1S/C12H12Cl2N4O3/c1-12(2)20-5-3-19-10(7(5)21-12)18-4-15-6-8(13)16-11(14)17-9(6)18/h4-5,7,10H,3H2,1-2H3/t5-,7+,10+/m0/s1. The summed E-state index contributed by atoms with van der Waals surface area (Å²) >= 11 is 11.9. The van der Waals surface area contributed by atoms with Crippen LogP contribution < -0.4 is 0 Å². The molecule has 0 aliphatic carbocycles. The molecule has 7 nitrogen and oxygen atoms in total. The molecule has 4 rings (SSSR count). The van der Waals surface area contributed by atoms with Crippen molar-refractivity contribution in [3.8, 4) is 0 Å². The molecule has 4 heterocycles. The van der Waals surface area contributed by atoms with Gasteiger partial charge in [0.15, 0.2) is 22.8 Å². The molecule has 0 spiro atoms. The fourth-order valence-electron chi connectivity index (χ4n) is 2.80. The van der Waals surface area contributed by atoms with Crippen molar-refractivity contribution in [1.29, 1.82) is 0 Å². The minimum atomic E-state index is -0.627. The zero-order valence-corrected chi connectivity index (χ0v) is 12.8. The largest absolute Gasteiger partial charge is 0.352 e. The van der Waals surface area contributed by atoms with Crippen molar-refractivity contribution in [2.45, 2.75) is 38.1 Å². The van der Waals surface area contributed by atoms with Gasteiger partial charge in [-0.15, -0.1) is 0 Å². The number of hydrogen-bond acceptors (Lipinski definition) is 6. The van der Waals surface area contributed by atoms with Crippen LogP contribution in [0.25, 0.3) is 11.2 Å². The molecule has 0 unspecified atom stereocenters. The summed E-state index contributed by atoms with van der Waals surface area (Å²) in [6.45, 7) is 4.21. The summed E-state index contributed by atoms with van der Waals surface area (Å²) in [6.07, 6.45) is 0.868. The smallest absolute Gasteiger partial charge is 0.225 e. The molecule has 2 saturated heterocycles. The van der Waals surface area contributed by atoms with Gasteiger partial charge in [-0.3, -0.25) is 4.57 Å². The predicted octanol–water partition coefficient (Wildman–Crippen LogP) is 2.18. The lowest BCUT2D eigenvalue weighted by Crippen LogP contribution is -2.27. The van der Waals surface area contributed by atoms with E-state index in [1.165, 1.54) is 0 Å². The molecule has 2 aromatic rings. The van der Waals surface area contributed by atoms with Gasteiger partial charge in [-0.25, -0.2) is 9.97 Å². The van der Waals surface area contributed by atoms with Crippen LogP contribution in [0.15, 0.2) is 6.33 Å². The van der Waals surface area contributed by atoms with Crippen molar-refractivity contribution in [2.75, 3.05) is 6.61 Å². The van der Waals surface area contributed by atoms with Gasteiger partial charge in [0.1, 0.15) is 17.7 Å². The van der Waals surface area contributed by atoms with Gasteiger partial charge < -0.3 is 14.2 Å². The first kappa shape index (κ1) is 13.7. The Morgan fingerprint density at radius 2 is 2.10 bits per heavy atom. The quantitative estimate of drug-likeness (QED) is 0.589. The van der Waals surface area contributed by atoms with Crippen molar-refractivity contribution in [2.24, 2.45) is 0 Å². The highest BCUT2D eigenvalue weighted by atomic mass is 35.5. The Morgan fingerprint density at radius 1 is 1.29 bits per heavy atom. The number of fused-ring (bicyclic) bond motifs is 2. The molecule has 0 bridgehead atoms. The van der Waals surface area contributed by atoms with Gasteiger partial charge in [-0.05, 0) is 25.4 Å². The maximum absolute atomic E-state index is 6.03. The fourth-order valence-corrected chi connectivity index (χ4v) is 3.23. The van der Waals surface area contributed by atoms with E-state index in [-0.39, 0.29) is 28.9 Å². The highest BCUT2D eigenvalue weighted by Crippen LogP contribution is 2.40. The van der Waals surface area contributed by atoms with Crippen molar-refractivity contribution in [3.05, 3.63) is 16.8 Å². The monoisotopic (exact) mass is 330 g/mol. The molecule has 0 aromatic carbocycles. The molecule has 2 aromatic heterocycles. The Hall–Kier alpha value is -0.990. The van der Waals surface area contributed by atoms with Crippen molar-refractivity contribution < 1.29 is 14.2 Å². The number of aromatic nitrogens is 4. The van der Waals surface area contributed by atoms with E-state index in [0.29, 0.717) is 17.8 Å². The molecular formula is C12H12Cl2N4O3. The minimum Gasteiger partial charge on any atom is -0.352 e. The normalized spacial score (nSPS) is 31.0. The Bertz CT molecular complexity index is 720. The molecule has 9 heteroatoms. The number of hydrogen-bond donors (Lipinski definition) is 0. The van der Waals surface area contributed by atoms with E-state index in [2.05, 4.69) is 15.0 Å².